The van der Waals surface area contributed by atoms with Gasteiger partial charge in [0.05, 0.1) is 23.3 Å². The molecule has 0 aromatic carbocycles. The smallest absolute Gasteiger partial charge is 0.319 e. The summed E-state index contributed by atoms with van der Waals surface area (Å²) in [5.74, 6) is 0. The number of aromatic nitrogens is 3. The third kappa shape index (κ3) is 4.50. The van der Waals surface area contributed by atoms with E-state index in [1.165, 1.54) is 11.9 Å². The van der Waals surface area contributed by atoms with Crippen LogP contribution in [0.5, 0.6) is 0 Å². The number of fused-ring (bicyclic) bond motifs is 1. The van der Waals surface area contributed by atoms with Gasteiger partial charge in [0, 0.05) is 57.6 Å². The second-order valence-electron chi connectivity index (χ2n) is 9.01. The van der Waals surface area contributed by atoms with E-state index < -0.39 is 5.72 Å². The molecule has 4 heterocycles. The first-order valence-electron chi connectivity index (χ1n) is 11.1. The Morgan fingerprint density at radius 2 is 1.91 bits per heavy atom. The van der Waals surface area contributed by atoms with Gasteiger partial charge in [0.25, 0.3) is 0 Å². The summed E-state index contributed by atoms with van der Waals surface area (Å²) in [4.78, 5) is 28.5. The van der Waals surface area contributed by atoms with Crippen LogP contribution < -0.4 is 9.62 Å². The van der Waals surface area contributed by atoms with Gasteiger partial charge in [-0.05, 0) is 49.4 Å². The molecule has 1 saturated heterocycles. The number of anilines is 1. The summed E-state index contributed by atoms with van der Waals surface area (Å²) < 4.78 is 5.26. The van der Waals surface area contributed by atoms with Crippen molar-refractivity contribution in [1.82, 2.24) is 28.9 Å². The SMILES string of the molecule is Cc1ccc(-c2cnc3c(N4CCN(C(=O)N(C)C)CC4)cc(SNC4(O)CC4)cn23)nc1. The topological polar surface area (TPSA) is 89.2 Å². The lowest BCUT2D eigenvalue weighted by Gasteiger charge is -2.37. The van der Waals surface area contributed by atoms with Gasteiger partial charge in [0.2, 0.25) is 0 Å². The maximum absolute atomic E-state index is 12.4. The van der Waals surface area contributed by atoms with Crippen molar-refractivity contribution in [3.8, 4) is 11.4 Å². The number of carbonyl (C=O) groups is 1. The van der Waals surface area contributed by atoms with Crippen molar-refractivity contribution in [3.63, 3.8) is 0 Å². The number of hydrogen-bond acceptors (Lipinski definition) is 7. The highest BCUT2D eigenvalue weighted by Gasteiger charge is 2.40. The highest BCUT2D eigenvalue weighted by Crippen LogP contribution is 2.37. The molecule has 3 aromatic heterocycles. The number of hydrogen-bond donors (Lipinski definition) is 2. The number of piperazine rings is 1. The number of imidazole rings is 1. The van der Waals surface area contributed by atoms with Crippen LogP contribution >= 0.6 is 11.9 Å². The van der Waals surface area contributed by atoms with Gasteiger partial charge in [-0.1, -0.05) is 6.07 Å². The fourth-order valence-electron chi connectivity index (χ4n) is 3.94. The van der Waals surface area contributed by atoms with Crippen LogP contribution in [-0.2, 0) is 0 Å². The van der Waals surface area contributed by atoms with Gasteiger partial charge >= 0.3 is 6.03 Å². The van der Waals surface area contributed by atoms with Crippen LogP contribution in [0.4, 0.5) is 10.5 Å². The number of rotatable bonds is 5. The summed E-state index contributed by atoms with van der Waals surface area (Å²) in [6.45, 7) is 4.79. The van der Waals surface area contributed by atoms with E-state index in [2.05, 4.69) is 25.1 Å². The number of urea groups is 1. The first-order valence-corrected chi connectivity index (χ1v) is 12.0. The quantitative estimate of drug-likeness (QED) is 0.440. The Balaban J connectivity index is 1.49. The molecule has 0 atom stereocenters. The highest BCUT2D eigenvalue weighted by molar-refractivity contribution is 7.97. The highest BCUT2D eigenvalue weighted by atomic mass is 32.2. The fraction of sp³-hybridized carbons (Fsp3) is 0.435. The van der Waals surface area contributed by atoms with E-state index in [1.807, 2.05) is 42.5 Å². The number of pyridine rings is 2. The summed E-state index contributed by atoms with van der Waals surface area (Å²) in [5, 5.41) is 10.3. The third-order valence-electron chi connectivity index (χ3n) is 6.09. The Hall–Kier alpha value is -2.82. The molecule has 33 heavy (non-hydrogen) atoms. The molecule has 3 aromatic rings. The minimum Gasteiger partial charge on any atom is -0.375 e. The van der Waals surface area contributed by atoms with Crippen LogP contribution in [0.25, 0.3) is 17.0 Å². The number of amides is 2. The van der Waals surface area contributed by atoms with E-state index >= 15 is 0 Å². The van der Waals surface area contributed by atoms with Gasteiger partial charge < -0.3 is 19.8 Å². The summed E-state index contributed by atoms with van der Waals surface area (Å²) in [6, 6.07) is 6.21. The van der Waals surface area contributed by atoms with E-state index in [9.17, 15) is 9.90 Å². The molecular weight excluding hydrogens is 438 g/mol. The van der Waals surface area contributed by atoms with E-state index in [-0.39, 0.29) is 6.03 Å². The van der Waals surface area contributed by atoms with Gasteiger partial charge in [-0.25, -0.2) is 14.5 Å². The zero-order valence-corrected chi connectivity index (χ0v) is 20.0. The molecule has 174 valence electrons. The lowest BCUT2D eigenvalue weighted by Crippen LogP contribution is -2.51. The number of nitrogens with one attached hydrogen (secondary N) is 1. The standard InChI is InChI=1S/C23H29N7O2S/c1-16-4-5-18(24-13-16)20-14-25-21-19(28-8-10-29(11-9-28)22(31)27(2)3)12-17(15-30(20)21)33-26-23(32)6-7-23/h4-5,12-15,26,32H,6-11H2,1-3H3. The molecule has 2 amide bonds. The van der Waals surface area contributed by atoms with E-state index in [0.29, 0.717) is 13.1 Å². The van der Waals surface area contributed by atoms with E-state index in [0.717, 1.165) is 59.1 Å². The minimum atomic E-state index is -0.770. The van der Waals surface area contributed by atoms with Gasteiger partial charge in [0.15, 0.2) is 5.65 Å². The van der Waals surface area contributed by atoms with Gasteiger partial charge in [0.1, 0.15) is 5.72 Å². The Bertz CT molecular complexity index is 1170. The van der Waals surface area contributed by atoms with Gasteiger partial charge in [-0.3, -0.25) is 9.38 Å². The number of aliphatic hydroxyl groups is 1. The molecular formula is C23H29N7O2S. The van der Waals surface area contributed by atoms with Crippen molar-refractivity contribution >= 4 is 29.3 Å². The Kier molecular flexibility index (Phi) is 5.67. The lowest BCUT2D eigenvalue weighted by molar-refractivity contribution is 0.142. The van der Waals surface area contributed by atoms with E-state index in [1.54, 1.807) is 19.0 Å². The number of carbonyl (C=O) groups excluding carboxylic acids is 1. The average Bonchev–Trinajstić information content (AvgIpc) is 3.41. The first kappa shape index (κ1) is 22.0. The van der Waals surface area contributed by atoms with Crippen LogP contribution in [0.1, 0.15) is 18.4 Å². The van der Waals surface area contributed by atoms with Crippen molar-refractivity contribution in [1.29, 1.82) is 0 Å². The second-order valence-corrected chi connectivity index (χ2v) is 9.89. The van der Waals surface area contributed by atoms with Crippen LogP contribution in [0.2, 0.25) is 0 Å². The molecule has 2 N–H and O–H groups in total. The Morgan fingerprint density at radius 1 is 1.15 bits per heavy atom. The summed E-state index contributed by atoms with van der Waals surface area (Å²) in [7, 11) is 3.57. The molecule has 2 aliphatic rings. The number of nitrogens with zero attached hydrogens (tertiary/aromatic N) is 6. The first-order chi connectivity index (χ1) is 15.8. The minimum absolute atomic E-state index is 0.0412. The molecule has 0 bridgehead atoms. The van der Waals surface area contributed by atoms with Crippen LogP contribution in [-0.4, -0.2) is 81.3 Å². The van der Waals surface area contributed by atoms with Gasteiger partial charge in [-0.2, -0.15) is 0 Å². The largest absolute Gasteiger partial charge is 0.375 e. The molecule has 1 saturated carbocycles. The average molecular weight is 468 g/mol. The summed E-state index contributed by atoms with van der Waals surface area (Å²) in [5.41, 5.74) is 3.98. The molecule has 0 radical (unpaired) electrons. The normalized spacial score (nSPS) is 17.5. The van der Waals surface area contributed by atoms with Crippen LogP contribution in [0.3, 0.4) is 0 Å². The zero-order valence-electron chi connectivity index (χ0n) is 19.2. The molecule has 0 unspecified atom stereocenters. The van der Waals surface area contributed by atoms with Crippen molar-refractivity contribution in [2.45, 2.75) is 30.4 Å². The van der Waals surface area contributed by atoms with Crippen molar-refractivity contribution in [2.24, 2.45) is 0 Å². The van der Waals surface area contributed by atoms with E-state index in [4.69, 9.17) is 4.98 Å². The molecule has 1 aliphatic heterocycles. The molecule has 10 heteroatoms. The summed E-state index contributed by atoms with van der Waals surface area (Å²) >= 11 is 1.44. The van der Waals surface area contributed by atoms with Crippen LogP contribution in [0.15, 0.2) is 41.7 Å². The van der Waals surface area contributed by atoms with Crippen molar-refractivity contribution in [3.05, 3.63) is 42.4 Å². The maximum Gasteiger partial charge on any atom is 0.319 e. The predicted molar refractivity (Wildman–Crippen MR) is 129 cm³/mol. The van der Waals surface area contributed by atoms with Crippen molar-refractivity contribution in [2.75, 3.05) is 45.2 Å². The molecule has 0 spiro atoms. The Labute approximate surface area is 197 Å². The molecule has 1 aliphatic carbocycles. The lowest BCUT2D eigenvalue weighted by atomic mass is 10.2. The van der Waals surface area contributed by atoms with Gasteiger partial charge in [-0.15, -0.1) is 0 Å². The number of aryl methyl sites for hydroxylation is 1. The van der Waals surface area contributed by atoms with Crippen LogP contribution in [0, 0.1) is 6.92 Å². The Morgan fingerprint density at radius 3 is 2.55 bits per heavy atom. The monoisotopic (exact) mass is 467 g/mol. The zero-order chi connectivity index (χ0) is 23.2. The molecule has 5 rings (SSSR count). The molecule has 2 fully saturated rings. The maximum atomic E-state index is 12.4. The molecule has 9 nitrogen and oxygen atoms in total. The van der Waals surface area contributed by atoms with Crippen molar-refractivity contribution < 1.29 is 9.90 Å². The fourth-order valence-corrected chi connectivity index (χ4v) is 4.78. The summed E-state index contributed by atoms with van der Waals surface area (Å²) in [6.07, 6.45) is 7.29. The second kappa shape index (κ2) is 8.51. The predicted octanol–water partition coefficient (Wildman–Crippen LogP) is 2.59. The third-order valence-corrected chi connectivity index (χ3v) is 7.03.